The summed E-state index contributed by atoms with van der Waals surface area (Å²) >= 11 is 0. The van der Waals surface area contributed by atoms with Gasteiger partial charge in [0.2, 0.25) is 5.95 Å². The summed E-state index contributed by atoms with van der Waals surface area (Å²) in [7, 11) is 0. The molecule has 0 amide bonds. The van der Waals surface area contributed by atoms with Crippen LogP contribution in [0.2, 0.25) is 0 Å². The van der Waals surface area contributed by atoms with Crippen molar-refractivity contribution in [1.29, 1.82) is 0 Å². The van der Waals surface area contributed by atoms with E-state index in [2.05, 4.69) is 20.6 Å². The molecule has 0 radical (unpaired) electrons. The second kappa shape index (κ2) is 5.68. The van der Waals surface area contributed by atoms with Gasteiger partial charge in [-0.2, -0.15) is 9.97 Å². The fourth-order valence-electron chi connectivity index (χ4n) is 1.68. The molecule has 0 aliphatic carbocycles. The van der Waals surface area contributed by atoms with Crippen LogP contribution in [0.25, 0.3) is 0 Å². The van der Waals surface area contributed by atoms with Gasteiger partial charge in [-0.3, -0.25) is 0 Å². The predicted molar refractivity (Wildman–Crippen MR) is 75.0 cm³/mol. The van der Waals surface area contributed by atoms with E-state index in [1.54, 1.807) is 6.07 Å². The number of benzene rings is 1. The number of nitrogens with one attached hydrogen (secondary N) is 2. The van der Waals surface area contributed by atoms with Crippen molar-refractivity contribution in [2.45, 2.75) is 13.8 Å². The lowest BCUT2D eigenvalue weighted by atomic mass is 10.2. The molecule has 4 N–H and O–H groups in total. The highest BCUT2D eigenvalue weighted by atomic mass is 19.1. The quantitative estimate of drug-likeness (QED) is 0.802. The normalized spacial score (nSPS) is 10.4. The van der Waals surface area contributed by atoms with Gasteiger partial charge in [0.1, 0.15) is 23.3 Å². The fraction of sp³-hybridized carbons (Fsp3) is 0.231. The van der Waals surface area contributed by atoms with Gasteiger partial charge in [-0.25, -0.2) is 8.78 Å². The molecule has 106 valence electrons. The average Bonchev–Trinajstić information content (AvgIpc) is 2.35. The number of anilines is 4. The van der Waals surface area contributed by atoms with Gasteiger partial charge in [0.15, 0.2) is 0 Å². The van der Waals surface area contributed by atoms with Gasteiger partial charge in [0, 0.05) is 18.7 Å². The minimum Gasteiger partial charge on any atom is -0.370 e. The van der Waals surface area contributed by atoms with E-state index in [0.29, 0.717) is 12.4 Å². The Morgan fingerprint density at radius 2 is 1.80 bits per heavy atom. The Bertz CT molecular complexity index is 630. The maximum Gasteiger partial charge on any atom is 0.223 e. The first-order chi connectivity index (χ1) is 9.49. The molecule has 2 aromatic rings. The molecule has 5 nitrogen and oxygen atoms in total. The lowest BCUT2D eigenvalue weighted by molar-refractivity contribution is 0.595. The van der Waals surface area contributed by atoms with Crippen molar-refractivity contribution in [3.8, 4) is 0 Å². The number of nitrogens with zero attached hydrogens (tertiary/aromatic N) is 2. The minimum absolute atomic E-state index is 0.00588. The van der Waals surface area contributed by atoms with Crippen molar-refractivity contribution in [2.24, 2.45) is 0 Å². The number of nitrogens with two attached hydrogens (primary N) is 1. The molecular weight excluding hydrogens is 264 g/mol. The van der Waals surface area contributed by atoms with Crippen LogP contribution in [0.5, 0.6) is 0 Å². The molecule has 0 saturated heterocycles. The first-order valence-electron chi connectivity index (χ1n) is 6.10. The van der Waals surface area contributed by atoms with Crippen LogP contribution in [-0.4, -0.2) is 16.5 Å². The van der Waals surface area contributed by atoms with Gasteiger partial charge in [-0.1, -0.05) is 0 Å². The van der Waals surface area contributed by atoms with Crippen molar-refractivity contribution in [3.63, 3.8) is 0 Å². The van der Waals surface area contributed by atoms with Crippen LogP contribution in [0, 0.1) is 18.6 Å². The van der Waals surface area contributed by atoms with Crippen LogP contribution in [0.1, 0.15) is 12.5 Å². The summed E-state index contributed by atoms with van der Waals surface area (Å²) in [5.74, 6) is -0.223. The van der Waals surface area contributed by atoms with Gasteiger partial charge in [-0.05, 0) is 25.5 Å². The molecule has 0 spiro atoms. The molecule has 0 bridgehead atoms. The number of hydrogen-bond acceptors (Lipinski definition) is 5. The highest BCUT2D eigenvalue weighted by Crippen LogP contribution is 2.23. The second-order valence-corrected chi connectivity index (χ2v) is 4.23. The van der Waals surface area contributed by atoms with Crippen LogP contribution in [0.15, 0.2) is 18.2 Å². The number of rotatable bonds is 4. The molecule has 2 rings (SSSR count). The number of aromatic nitrogens is 2. The summed E-state index contributed by atoms with van der Waals surface area (Å²) in [5.41, 5.74) is 5.80. The van der Waals surface area contributed by atoms with Crippen LogP contribution in [0.4, 0.5) is 32.1 Å². The van der Waals surface area contributed by atoms with Gasteiger partial charge < -0.3 is 16.4 Å². The molecule has 0 aliphatic heterocycles. The summed E-state index contributed by atoms with van der Waals surface area (Å²) in [6.45, 7) is 4.05. The van der Waals surface area contributed by atoms with Gasteiger partial charge in [0.25, 0.3) is 0 Å². The topological polar surface area (TPSA) is 75.9 Å². The largest absolute Gasteiger partial charge is 0.370 e. The Morgan fingerprint density at radius 1 is 1.10 bits per heavy atom. The van der Waals surface area contributed by atoms with Gasteiger partial charge >= 0.3 is 0 Å². The van der Waals surface area contributed by atoms with Crippen LogP contribution < -0.4 is 16.4 Å². The van der Waals surface area contributed by atoms with Crippen molar-refractivity contribution in [1.82, 2.24) is 9.97 Å². The molecule has 20 heavy (non-hydrogen) atoms. The zero-order valence-corrected chi connectivity index (χ0v) is 11.2. The highest BCUT2D eigenvalue weighted by Gasteiger charge is 2.09. The average molecular weight is 279 g/mol. The first-order valence-corrected chi connectivity index (χ1v) is 6.10. The summed E-state index contributed by atoms with van der Waals surface area (Å²) < 4.78 is 27.2. The number of aryl methyl sites for hydroxylation is 1. The Kier molecular flexibility index (Phi) is 3.97. The molecular formula is C13H15F2N5. The first kappa shape index (κ1) is 14.0. The molecule has 0 saturated carbocycles. The maximum atomic E-state index is 13.7. The Labute approximate surface area is 115 Å². The molecule has 1 aromatic heterocycles. The molecule has 0 unspecified atom stereocenters. The van der Waals surface area contributed by atoms with E-state index >= 15 is 0 Å². The monoisotopic (exact) mass is 279 g/mol. The number of halogens is 2. The van der Waals surface area contributed by atoms with Crippen LogP contribution in [0.3, 0.4) is 0 Å². The van der Waals surface area contributed by atoms with Crippen molar-refractivity contribution >= 4 is 23.3 Å². The Hall–Kier alpha value is -2.44. The zero-order valence-electron chi connectivity index (χ0n) is 11.2. The van der Waals surface area contributed by atoms with E-state index in [-0.39, 0.29) is 23.0 Å². The third kappa shape index (κ3) is 3.11. The third-order valence-electron chi connectivity index (χ3n) is 2.61. The van der Waals surface area contributed by atoms with Crippen molar-refractivity contribution in [3.05, 3.63) is 35.4 Å². The van der Waals surface area contributed by atoms with Gasteiger partial charge in [0.05, 0.1) is 5.69 Å². The van der Waals surface area contributed by atoms with E-state index in [4.69, 9.17) is 5.73 Å². The molecule has 1 aromatic carbocycles. The van der Waals surface area contributed by atoms with Crippen LogP contribution in [-0.2, 0) is 0 Å². The third-order valence-corrected chi connectivity index (χ3v) is 2.61. The highest BCUT2D eigenvalue weighted by molar-refractivity contribution is 5.61. The molecule has 0 fully saturated rings. The Balaban J connectivity index is 2.32. The smallest absolute Gasteiger partial charge is 0.223 e. The second-order valence-electron chi connectivity index (χ2n) is 4.23. The molecule has 7 heteroatoms. The Morgan fingerprint density at radius 3 is 2.50 bits per heavy atom. The van der Waals surface area contributed by atoms with Crippen LogP contribution >= 0.6 is 0 Å². The van der Waals surface area contributed by atoms with Gasteiger partial charge in [-0.15, -0.1) is 0 Å². The standard InChI is InChI=1S/C13H15F2N5/c1-3-17-11-6-12(20-13(16)19-11)18-10-5-8(14)7(2)4-9(10)15/h4-6H,3H2,1-2H3,(H4,16,17,18,19,20). The van der Waals surface area contributed by atoms with E-state index < -0.39 is 11.6 Å². The van der Waals surface area contributed by atoms with E-state index in [1.165, 1.54) is 6.92 Å². The maximum absolute atomic E-state index is 13.7. The fourth-order valence-corrected chi connectivity index (χ4v) is 1.68. The lowest BCUT2D eigenvalue weighted by Gasteiger charge is -2.10. The van der Waals surface area contributed by atoms with Crippen molar-refractivity contribution in [2.75, 3.05) is 22.9 Å². The summed E-state index contributed by atoms with van der Waals surface area (Å²) in [6.07, 6.45) is 0. The summed E-state index contributed by atoms with van der Waals surface area (Å²) in [6, 6.07) is 3.76. The summed E-state index contributed by atoms with van der Waals surface area (Å²) in [5, 5.41) is 5.66. The molecule has 1 heterocycles. The molecule has 0 atom stereocenters. The van der Waals surface area contributed by atoms with Crippen molar-refractivity contribution < 1.29 is 8.78 Å². The lowest BCUT2D eigenvalue weighted by Crippen LogP contribution is -2.06. The predicted octanol–water partition coefficient (Wildman–Crippen LogP) is 2.82. The zero-order chi connectivity index (χ0) is 14.7. The number of nitrogen functional groups attached to an aromatic ring is 1. The van der Waals surface area contributed by atoms with E-state index in [0.717, 1.165) is 12.1 Å². The van der Waals surface area contributed by atoms with E-state index in [9.17, 15) is 8.78 Å². The summed E-state index contributed by atoms with van der Waals surface area (Å²) in [4.78, 5) is 7.90. The number of hydrogen-bond donors (Lipinski definition) is 3. The SMILES string of the molecule is CCNc1cc(Nc2cc(F)c(C)cc2F)nc(N)n1. The molecule has 0 aliphatic rings. The minimum atomic E-state index is -0.564. The van der Waals surface area contributed by atoms with E-state index in [1.807, 2.05) is 6.92 Å².